The van der Waals surface area contributed by atoms with Crippen molar-refractivity contribution in [3.63, 3.8) is 0 Å². The molecule has 1 aromatic heterocycles. The Labute approximate surface area is 109 Å². The molecule has 0 saturated carbocycles. The third-order valence-electron chi connectivity index (χ3n) is 2.84. The highest BCUT2D eigenvalue weighted by Gasteiger charge is 2.12. The maximum Gasteiger partial charge on any atom is 0.295 e. The number of hydrogen-bond donors (Lipinski definition) is 2. The van der Waals surface area contributed by atoms with E-state index >= 15 is 0 Å². The van der Waals surface area contributed by atoms with Gasteiger partial charge in [-0.3, -0.25) is 9.89 Å². The van der Waals surface area contributed by atoms with Crippen LogP contribution in [-0.2, 0) is 0 Å². The number of aromatic nitrogens is 3. The third kappa shape index (κ3) is 2.18. The molecule has 0 aliphatic heterocycles. The molecule has 0 spiro atoms. The number of anilines is 1. The molecule has 0 unspecified atom stereocenters. The largest absolute Gasteiger partial charge is 0.319 e. The Hall–Kier alpha value is -2.69. The van der Waals surface area contributed by atoms with E-state index in [1.807, 2.05) is 42.5 Å². The van der Waals surface area contributed by atoms with Crippen molar-refractivity contribution in [3.8, 4) is 0 Å². The monoisotopic (exact) mass is 252 g/mol. The smallest absolute Gasteiger partial charge is 0.295 e. The van der Waals surface area contributed by atoms with Gasteiger partial charge in [0.05, 0.1) is 0 Å². The molecule has 0 aliphatic rings. The molecule has 3 rings (SSSR count). The minimum Gasteiger partial charge on any atom is -0.319 e. The molecule has 0 atom stereocenters. The van der Waals surface area contributed by atoms with E-state index in [4.69, 9.17) is 0 Å². The van der Waals surface area contributed by atoms with Crippen molar-refractivity contribution < 1.29 is 4.79 Å². The summed E-state index contributed by atoms with van der Waals surface area (Å²) in [6, 6.07) is 13.6. The van der Waals surface area contributed by atoms with Crippen LogP contribution in [0, 0.1) is 6.92 Å². The molecule has 1 heterocycles. The molecule has 0 saturated heterocycles. The first kappa shape index (κ1) is 11.4. The number of fused-ring (bicyclic) bond motifs is 1. The Morgan fingerprint density at radius 1 is 1.16 bits per heavy atom. The number of hydrogen-bond acceptors (Lipinski definition) is 3. The molecule has 5 heteroatoms. The maximum atomic E-state index is 12.0. The first-order valence-electron chi connectivity index (χ1n) is 5.92. The molecule has 0 aliphatic carbocycles. The first-order chi connectivity index (χ1) is 9.24. The lowest BCUT2D eigenvalue weighted by atomic mass is 10.1. The van der Waals surface area contributed by atoms with Gasteiger partial charge in [0.25, 0.3) is 5.91 Å². The number of nitrogens with zero attached hydrogens (tertiary/aromatic N) is 2. The molecule has 3 aromatic rings. The van der Waals surface area contributed by atoms with Crippen molar-refractivity contribution in [2.75, 3.05) is 5.32 Å². The van der Waals surface area contributed by atoms with Crippen LogP contribution in [0.3, 0.4) is 0 Å². The highest BCUT2D eigenvalue weighted by molar-refractivity contribution is 6.07. The van der Waals surface area contributed by atoms with Crippen molar-refractivity contribution in [1.29, 1.82) is 0 Å². The van der Waals surface area contributed by atoms with Crippen molar-refractivity contribution in [3.05, 3.63) is 54.1 Å². The van der Waals surface area contributed by atoms with E-state index < -0.39 is 0 Å². The van der Waals surface area contributed by atoms with Gasteiger partial charge >= 0.3 is 0 Å². The fraction of sp³-hybridized carbons (Fsp3) is 0.0714. The summed E-state index contributed by atoms with van der Waals surface area (Å²) in [5, 5.41) is 11.4. The van der Waals surface area contributed by atoms with Crippen molar-refractivity contribution in [1.82, 2.24) is 15.2 Å². The number of rotatable bonds is 2. The van der Waals surface area contributed by atoms with Gasteiger partial charge in [0, 0.05) is 11.1 Å². The van der Waals surface area contributed by atoms with Gasteiger partial charge < -0.3 is 5.32 Å². The number of carbonyl (C=O) groups is 1. The van der Waals surface area contributed by atoms with Crippen molar-refractivity contribution in [2.24, 2.45) is 0 Å². The minimum absolute atomic E-state index is 0.144. The molecule has 0 bridgehead atoms. The van der Waals surface area contributed by atoms with E-state index in [9.17, 15) is 4.79 Å². The van der Waals surface area contributed by atoms with Crippen LogP contribution in [0.5, 0.6) is 0 Å². The highest BCUT2D eigenvalue weighted by atomic mass is 16.2. The average Bonchev–Trinajstić information content (AvgIpc) is 2.86. The quantitative estimate of drug-likeness (QED) is 0.736. The summed E-state index contributed by atoms with van der Waals surface area (Å²) in [7, 11) is 0. The molecular weight excluding hydrogens is 240 g/mol. The zero-order valence-electron chi connectivity index (χ0n) is 10.3. The summed E-state index contributed by atoms with van der Waals surface area (Å²) in [6.07, 6.45) is 0. The molecule has 0 radical (unpaired) electrons. The van der Waals surface area contributed by atoms with E-state index in [0.717, 1.165) is 16.5 Å². The van der Waals surface area contributed by atoms with E-state index in [1.165, 1.54) is 0 Å². The van der Waals surface area contributed by atoms with Gasteiger partial charge in [-0.05, 0) is 18.4 Å². The Morgan fingerprint density at radius 3 is 2.74 bits per heavy atom. The van der Waals surface area contributed by atoms with Crippen molar-refractivity contribution >= 4 is 22.4 Å². The van der Waals surface area contributed by atoms with Gasteiger partial charge in [0.15, 0.2) is 0 Å². The summed E-state index contributed by atoms with van der Waals surface area (Å²) in [5.41, 5.74) is 0.755. The zero-order valence-corrected chi connectivity index (χ0v) is 10.3. The minimum atomic E-state index is -0.319. The zero-order chi connectivity index (χ0) is 13.2. The SMILES string of the molecule is Cc1nc(C(=O)Nc2cccc3ccccc23)n[nH]1. The summed E-state index contributed by atoms with van der Waals surface area (Å²) in [6.45, 7) is 1.75. The van der Waals surface area contributed by atoms with Crippen LogP contribution >= 0.6 is 0 Å². The summed E-state index contributed by atoms with van der Waals surface area (Å²) < 4.78 is 0. The predicted molar refractivity (Wildman–Crippen MR) is 73.0 cm³/mol. The fourth-order valence-corrected chi connectivity index (χ4v) is 1.96. The lowest BCUT2D eigenvalue weighted by molar-refractivity contribution is 0.101. The standard InChI is InChI=1S/C14H12N4O/c1-9-15-13(18-17-9)14(19)16-12-8-4-6-10-5-2-3-7-11(10)12/h2-8H,1H3,(H,16,19)(H,15,17,18). The average molecular weight is 252 g/mol. The van der Waals surface area contributed by atoms with E-state index in [1.54, 1.807) is 6.92 Å². The molecule has 1 amide bonds. The number of benzene rings is 2. The van der Waals surface area contributed by atoms with Crippen LogP contribution in [0.15, 0.2) is 42.5 Å². The van der Waals surface area contributed by atoms with Gasteiger partial charge in [-0.25, -0.2) is 4.98 Å². The Balaban J connectivity index is 1.95. The highest BCUT2D eigenvalue weighted by Crippen LogP contribution is 2.23. The number of carbonyl (C=O) groups excluding carboxylic acids is 1. The van der Waals surface area contributed by atoms with Gasteiger partial charge in [0.1, 0.15) is 5.82 Å². The van der Waals surface area contributed by atoms with Crippen LogP contribution in [0.2, 0.25) is 0 Å². The van der Waals surface area contributed by atoms with Crippen LogP contribution in [0.1, 0.15) is 16.4 Å². The van der Waals surface area contributed by atoms with Gasteiger partial charge in [-0.2, -0.15) is 0 Å². The summed E-state index contributed by atoms with van der Waals surface area (Å²) >= 11 is 0. The Bertz CT molecular complexity index is 743. The van der Waals surface area contributed by atoms with Crippen LogP contribution < -0.4 is 5.32 Å². The molecule has 2 N–H and O–H groups in total. The maximum absolute atomic E-state index is 12.0. The number of amides is 1. The number of aryl methyl sites for hydroxylation is 1. The van der Waals surface area contributed by atoms with Gasteiger partial charge in [-0.15, -0.1) is 5.10 Å². The van der Waals surface area contributed by atoms with E-state index in [-0.39, 0.29) is 11.7 Å². The normalized spacial score (nSPS) is 10.6. The first-order valence-corrected chi connectivity index (χ1v) is 5.92. The Morgan fingerprint density at radius 2 is 1.95 bits per heavy atom. The van der Waals surface area contributed by atoms with Crippen LogP contribution in [0.4, 0.5) is 5.69 Å². The summed E-state index contributed by atoms with van der Waals surface area (Å²) in [4.78, 5) is 16.0. The topological polar surface area (TPSA) is 70.7 Å². The Kier molecular flexibility index (Phi) is 2.72. The predicted octanol–water partition coefficient (Wildman–Crippen LogP) is 2.52. The van der Waals surface area contributed by atoms with Crippen LogP contribution in [-0.4, -0.2) is 21.1 Å². The number of nitrogens with one attached hydrogen (secondary N) is 2. The molecule has 2 aromatic carbocycles. The lowest BCUT2D eigenvalue weighted by Gasteiger charge is -2.06. The number of aromatic amines is 1. The molecule has 94 valence electrons. The second-order valence-corrected chi connectivity index (χ2v) is 4.23. The molecule has 0 fully saturated rings. The molecule has 5 nitrogen and oxygen atoms in total. The summed E-state index contributed by atoms with van der Waals surface area (Å²) in [5.74, 6) is 0.439. The molecule has 19 heavy (non-hydrogen) atoms. The van der Waals surface area contributed by atoms with Gasteiger partial charge in [-0.1, -0.05) is 36.4 Å². The third-order valence-corrected chi connectivity index (χ3v) is 2.84. The second kappa shape index (κ2) is 4.53. The van der Waals surface area contributed by atoms with E-state index in [2.05, 4.69) is 20.5 Å². The van der Waals surface area contributed by atoms with Crippen LogP contribution in [0.25, 0.3) is 10.8 Å². The number of H-pyrrole nitrogens is 1. The fourth-order valence-electron chi connectivity index (χ4n) is 1.96. The molecular formula is C14H12N4O. The van der Waals surface area contributed by atoms with E-state index in [0.29, 0.717) is 5.82 Å². The van der Waals surface area contributed by atoms with Crippen molar-refractivity contribution in [2.45, 2.75) is 6.92 Å². The van der Waals surface area contributed by atoms with Gasteiger partial charge in [0.2, 0.25) is 5.82 Å². The lowest BCUT2D eigenvalue weighted by Crippen LogP contribution is -2.14. The second-order valence-electron chi connectivity index (χ2n) is 4.23.